The SMILES string of the molecule is CCCCN1CCC(CO)CC1. The Morgan fingerprint density at radius 2 is 2.00 bits per heavy atom. The van der Waals surface area contributed by atoms with E-state index in [2.05, 4.69) is 11.8 Å². The van der Waals surface area contributed by atoms with Crippen molar-refractivity contribution in [1.82, 2.24) is 4.90 Å². The molecule has 0 atom stereocenters. The van der Waals surface area contributed by atoms with Crippen LogP contribution in [0.25, 0.3) is 0 Å². The maximum atomic E-state index is 8.93. The Labute approximate surface area is 75.6 Å². The maximum absolute atomic E-state index is 8.93. The first kappa shape index (κ1) is 10.0. The van der Waals surface area contributed by atoms with Gasteiger partial charge < -0.3 is 10.0 Å². The summed E-state index contributed by atoms with van der Waals surface area (Å²) in [5.74, 6) is 0.586. The fourth-order valence-corrected chi connectivity index (χ4v) is 1.77. The Kier molecular flexibility index (Phi) is 4.62. The molecule has 1 rings (SSSR count). The monoisotopic (exact) mass is 171 g/mol. The Balaban J connectivity index is 2.09. The molecule has 0 aromatic carbocycles. The van der Waals surface area contributed by atoms with Gasteiger partial charge in [0.15, 0.2) is 0 Å². The standard InChI is InChI=1S/C10H21NO/c1-2-3-6-11-7-4-10(9-12)5-8-11/h10,12H,2-9H2,1H3. The summed E-state index contributed by atoms with van der Waals surface area (Å²) < 4.78 is 0. The Hall–Kier alpha value is -0.0800. The molecule has 1 saturated heterocycles. The number of piperidine rings is 1. The Morgan fingerprint density at radius 3 is 2.50 bits per heavy atom. The van der Waals surface area contributed by atoms with Crippen LogP contribution in [-0.2, 0) is 0 Å². The molecule has 1 heterocycles. The number of aliphatic hydroxyl groups excluding tert-OH is 1. The van der Waals surface area contributed by atoms with E-state index in [0.717, 1.165) is 0 Å². The molecule has 0 unspecified atom stereocenters. The molecule has 0 aromatic rings. The molecule has 0 saturated carbocycles. The van der Waals surface area contributed by atoms with Gasteiger partial charge in [-0.2, -0.15) is 0 Å². The van der Waals surface area contributed by atoms with Gasteiger partial charge in [-0.25, -0.2) is 0 Å². The van der Waals surface area contributed by atoms with Crippen LogP contribution in [0.15, 0.2) is 0 Å². The summed E-state index contributed by atoms with van der Waals surface area (Å²) in [4.78, 5) is 2.52. The summed E-state index contributed by atoms with van der Waals surface area (Å²) in [7, 11) is 0. The second kappa shape index (κ2) is 5.55. The average Bonchev–Trinajstić information content (AvgIpc) is 2.15. The predicted octanol–water partition coefficient (Wildman–Crippen LogP) is 1.49. The van der Waals surface area contributed by atoms with Crippen LogP contribution in [0, 0.1) is 5.92 Å². The highest BCUT2D eigenvalue weighted by Crippen LogP contribution is 2.16. The maximum Gasteiger partial charge on any atom is 0.0460 e. The van der Waals surface area contributed by atoms with E-state index in [4.69, 9.17) is 5.11 Å². The van der Waals surface area contributed by atoms with Crippen LogP contribution in [0.5, 0.6) is 0 Å². The molecule has 0 aliphatic carbocycles. The highest BCUT2D eigenvalue weighted by molar-refractivity contribution is 4.71. The molecule has 0 radical (unpaired) electrons. The van der Waals surface area contributed by atoms with Crippen molar-refractivity contribution in [2.45, 2.75) is 32.6 Å². The summed E-state index contributed by atoms with van der Waals surface area (Å²) in [5.41, 5.74) is 0. The van der Waals surface area contributed by atoms with Gasteiger partial charge in [0, 0.05) is 6.61 Å². The summed E-state index contributed by atoms with van der Waals surface area (Å²) in [5, 5.41) is 8.93. The van der Waals surface area contributed by atoms with Crippen LogP contribution in [0.1, 0.15) is 32.6 Å². The zero-order valence-corrected chi connectivity index (χ0v) is 8.13. The fourth-order valence-electron chi connectivity index (χ4n) is 1.77. The van der Waals surface area contributed by atoms with E-state index < -0.39 is 0 Å². The first-order valence-corrected chi connectivity index (χ1v) is 5.20. The van der Waals surface area contributed by atoms with E-state index in [9.17, 15) is 0 Å². The van der Waals surface area contributed by atoms with E-state index in [1.54, 1.807) is 0 Å². The number of aliphatic hydroxyl groups is 1. The van der Waals surface area contributed by atoms with Gasteiger partial charge in [-0.15, -0.1) is 0 Å². The van der Waals surface area contributed by atoms with Crippen molar-refractivity contribution in [3.8, 4) is 0 Å². The van der Waals surface area contributed by atoms with Crippen LogP contribution in [-0.4, -0.2) is 36.2 Å². The number of likely N-dealkylation sites (tertiary alicyclic amines) is 1. The topological polar surface area (TPSA) is 23.5 Å². The number of unbranched alkanes of at least 4 members (excludes halogenated alkanes) is 1. The molecule has 0 aromatic heterocycles. The lowest BCUT2D eigenvalue weighted by atomic mass is 9.98. The van der Waals surface area contributed by atoms with E-state index in [1.165, 1.54) is 45.3 Å². The molecule has 0 spiro atoms. The lowest BCUT2D eigenvalue weighted by molar-refractivity contribution is 0.130. The van der Waals surface area contributed by atoms with Crippen molar-refractivity contribution in [3.05, 3.63) is 0 Å². The molecule has 1 fully saturated rings. The lowest BCUT2D eigenvalue weighted by Gasteiger charge is -2.30. The molecular weight excluding hydrogens is 150 g/mol. The summed E-state index contributed by atoms with van der Waals surface area (Å²) in [6, 6.07) is 0. The molecular formula is C10H21NO. The Bertz CT molecular complexity index is 108. The molecule has 12 heavy (non-hydrogen) atoms. The van der Waals surface area contributed by atoms with Crippen LogP contribution in [0.4, 0.5) is 0 Å². The minimum Gasteiger partial charge on any atom is -0.396 e. The smallest absolute Gasteiger partial charge is 0.0460 e. The van der Waals surface area contributed by atoms with Gasteiger partial charge in [0.2, 0.25) is 0 Å². The zero-order valence-electron chi connectivity index (χ0n) is 8.13. The first-order chi connectivity index (χ1) is 5.86. The van der Waals surface area contributed by atoms with Gasteiger partial charge in [-0.05, 0) is 44.8 Å². The quantitative estimate of drug-likeness (QED) is 0.692. The van der Waals surface area contributed by atoms with E-state index in [-0.39, 0.29) is 0 Å². The molecule has 1 aliphatic heterocycles. The molecule has 2 heteroatoms. The third-order valence-corrected chi connectivity index (χ3v) is 2.79. The van der Waals surface area contributed by atoms with Crippen molar-refractivity contribution in [2.75, 3.05) is 26.2 Å². The first-order valence-electron chi connectivity index (χ1n) is 5.20. The molecule has 1 N–H and O–H groups in total. The predicted molar refractivity (Wildman–Crippen MR) is 51.2 cm³/mol. The van der Waals surface area contributed by atoms with Gasteiger partial charge in [0.1, 0.15) is 0 Å². The van der Waals surface area contributed by atoms with Gasteiger partial charge >= 0.3 is 0 Å². The minimum atomic E-state index is 0.390. The molecule has 72 valence electrons. The molecule has 1 aliphatic rings. The average molecular weight is 171 g/mol. The second-order valence-corrected chi connectivity index (χ2v) is 3.82. The lowest BCUT2D eigenvalue weighted by Crippen LogP contribution is -2.35. The van der Waals surface area contributed by atoms with Crippen LogP contribution in [0.3, 0.4) is 0 Å². The fraction of sp³-hybridized carbons (Fsp3) is 1.00. The number of nitrogens with zero attached hydrogens (tertiary/aromatic N) is 1. The van der Waals surface area contributed by atoms with Gasteiger partial charge in [-0.1, -0.05) is 13.3 Å². The Morgan fingerprint density at radius 1 is 1.33 bits per heavy atom. The van der Waals surface area contributed by atoms with Gasteiger partial charge in [0.05, 0.1) is 0 Å². The third-order valence-electron chi connectivity index (χ3n) is 2.79. The number of hydrogen-bond acceptors (Lipinski definition) is 2. The van der Waals surface area contributed by atoms with Crippen LogP contribution >= 0.6 is 0 Å². The highest BCUT2D eigenvalue weighted by atomic mass is 16.3. The normalized spacial score (nSPS) is 21.5. The van der Waals surface area contributed by atoms with Crippen LogP contribution < -0.4 is 0 Å². The van der Waals surface area contributed by atoms with E-state index >= 15 is 0 Å². The van der Waals surface area contributed by atoms with Gasteiger partial charge in [-0.3, -0.25) is 0 Å². The summed E-state index contributed by atoms with van der Waals surface area (Å²) in [6.45, 7) is 6.28. The van der Waals surface area contributed by atoms with Crippen LogP contribution in [0.2, 0.25) is 0 Å². The molecule has 0 bridgehead atoms. The highest BCUT2D eigenvalue weighted by Gasteiger charge is 2.17. The van der Waals surface area contributed by atoms with Crippen molar-refractivity contribution in [2.24, 2.45) is 5.92 Å². The third kappa shape index (κ3) is 3.11. The van der Waals surface area contributed by atoms with E-state index in [0.29, 0.717) is 12.5 Å². The summed E-state index contributed by atoms with van der Waals surface area (Å²) in [6.07, 6.45) is 5.00. The number of rotatable bonds is 4. The summed E-state index contributed by atoms with van der Waals surface area (Å²) >= 11 is 0. The molecule has 2 nitrogen and oxygen atoms in total. The van der Waals surface area contributed by atoms with Gasteiger partial charge in [0.25, 0.3) is 0 Å². The largest absolute Gasteiger partial charge is 0.396 e. The minimum absolute atomic E-state index is 0.390. The van der Waals surface area contributed by atoms with Crippen molar-refractivity contribution in [1.29, 1.82) is 0 Å². The van der Waals surface area contributed by atoms with E-state index in [1.807, 2.05) is 0 Å². The number of hydrogen-bond donors (Lipinski definition) is 1. The molecule has 0 amide bonds. The van der Waals surface area contributed by atoms with Crippen molar-refractivity contribution in [3.63, 3.8) is 0 Å². The second-order valence-electron chi connectivity index (χ2n) is 3.82. The zero-order chi connectivity index (χ0) is 8.81. The van der Waals surface area contributed by atoms with Crippen molar-refractivity contribution < 1.29 is 5.11 Å². The van der Waals surface area contributed by atoms with Crippen molar-refractivity contribution >= 4 is 0 Å².